The molecule has 1 unspecified atom stereocenters. The van der Waals surface area contributed by atoms with Crippen molar-refractivity contribution >= 4 is 21.6 Å². The van der Waals surface area contributed by atoms with E-state index in [1.54, 1.807) is 36.4 Å². The zero-order chi connectivity index (χ0) is 24.4. The van der Waals surface area contributed by atoms with Crippen LogP contribution < -0.4 is 4.72 Å². The molecule has 1 N–H and O–H groups in total. The van der Waals surface area contributed by atoms with E-state index >= 15 is 0 Å². The van der Waals surface area contributed by atoms with Crippen LogP contribution in [-0.2, 0) is 27.8 Å². The van der Waals surface area contributed by atoms with Crippen LogP contribution in [0.2, 0.25) is 0 Å². The molecule has 1 saturated heterocycles. The summed E-state index contributed by atoms with van der Waals surface area (Å²) < 4.78 is 27.9. The van der Waals surface area contributed by atoms with Crippen LogP contribution in [0, 0.1) is 6.92 Å². The smallest absolute Gasteiger partial charge is 0.261 e. The molecule has 0 aromatic heterocycles. The van der Waals surface area contributed by atoms with E-state index in [0.717, 1.165) is 56.7 Å². The molecule has 1 heterocycles. The van der Waals surface area contributed by atoms with Gasteiger partial charge in [0.2, 0.25) is 5.91 Å². The van der Waals surface area contributed by atoms with E-state index in [9.17, 15) is 13.2 Å². The molecule has 182 valence electrons. The molecular weight excluding hydrogens is 458 g/mol. The molecule has 3 aromatic rings. The van der Waals surface area contributed by atoms with E-state index in [4.69, 9.17) is 0 Å². The van der Waals surface area contributed by atoms with Gasteiger partial charge in [0.25, 0.3) is 10.0 Å². The van der Waals surface area contributed by atoms with E-state index < -0.39 is 10.0 Å². The zero-order valence-electron chi connectivity index (χ0n) is 20.0. The van der Waals surface area contributed by atoms with Crippen molar-refractivity contribution in [1.82, 2.24) is 9.80 Å². The number of nitrogens with zero attached hydrogens (tertiary/aromatic N) is 2. The SMILES string of the molecule is Cc1ccc(S(=O)(=O)Nc2ccc(CN3CCN(C(=O)C4CCc5ccccc54)CC3)cc2)cc1. The number of hydrogen-bond acceptors (Lipinski definition) is 4. The van der Waals surface area contributed by atoms with Crippen molar-refractivity contribution in [3.05, 3.63) is 95.1 Å². The molecule has 0 spiro atoms. The number of carbonyl (C=O) groups excluding carboxylic acids is 1. The Labute approximate surface area is 207 Å². The van der Waals surface area contributed by atoms with Gasteiger partial charge in [0.15, 0.2) is 0 Å². The molecule has 0 radical (unpaired) electrons. The quantitative estimate of drug-likeness (QED) is 0.564. The molecule has 2 aliphatic rings. The number of sulfonamides is 1. The van der Waals surface area contributed by atoms with Crippen molar-refractivity contribution in [2.75, 3.05) is 30.9 Å². The number of fused-ring (bicyclic) bond motifs is 1. The first-order chi connectivity index (χ1) is 16.9. The number of benzene rings is 3. The Bertz CT molecular complexity index is 1300. The predicted molar refractivity (Wildman–Crippen MR) is 138 cm³/mol. The summed E-state index contributed by atoms with van der Waals surface area (Å²) >= 11 is 0. The summed E-state index contributed by atoms with van der Waals surface area (Å²) in [6.07, 6.45) is 1.90. The molecule has 1 aliphatic heterocycles. The third kappa shape index (κ3) is 5.26. The highest BCUT2D eigenvalue weighted by Crippen LogP contribution is 2.34. The summed E-state index contributed by atoms with van der Waals surface area (Å²) in [4.78, 5) is 17.8. The van der Waals surface area contributed by atoms with Gasteiger partial charge < -0.3 is 4.90 Å². The summed E-state index contributed by atoms with van der Waals surface area (Å²) in [6.45, 7) is 5.86. The Morgan fingerprint density at radius 2 is 1.60 bits per heavy atom. The minimum atomic E-state index is -3.61. The van der Waals surface area contributed by atoms with Gasteiger partial charge in [-0.2, -0.15) is 0 Å². The fraction of sp³-hybridized carbons (Fsp3) is 0.321. The molecule has 3 aromatic carbocycles. The largest absolute Gasteiger partial charge is 0.340 e. The van der Waals surface area contributed by atoms with E-state index in [1.165, 1.54) is 11.1 Å². The number of anilines is 1. The van der Waals surface area contributed by atoms with E-state index in [0.29, 0.717) is 5.69 Å². The first-order valence-electron chi connectivity index (χ1n) is 12.2. The number of piperazine rings is 1. The number of rotatable bonds is 6. The fourth-order valence-corrected chi connectivity index (χ4v) is 6.09. The van der Waals surface area contributed by atoms with Gasteiger partial charge in [-0.1, -0.05) is 54.1 Å². The van der Waals surface area contributed by atoms with Crippen LogP contribution in [0.1, 0.15) is 34.6 Å². The highest BCUT2D eigenvalue weighted by Gasteiger charge is 2.32. The summed E-state index contributed by atoms with van der Waals surface area (Å²) in [5.41, 5.74) is 5.20. The number of carbonyl (C=O) groups is 1. The van der Waals surface area contributed by atoms with Crippen LogP contribution in [0.3, 0.4) is 0 Å². The highest BCUT2D eigenvalue weighted by molar-refractivity contribution is 7.92. The van der Waals surface area contributed by atoms with E-state index in [-0.39, 0.29) is 16.7 Å². The van der Waals surface area contributed by atoms with Gasteiger partial charge >= 0.3 is 0 Å². The Kier molecular flexibility index (Phi) is 6.62. The van der Waals surface area contributed by atoms with Crippen LogP contribution in [-0.4, -0.2) is 50.3 Å². The van der Waals surface area contributed by atoms with Crippen molar-refractivity contribution < 1.29 is 13.2 Å². The predicted octanol–water partition coefficient (Wildman–Crippen LogP) is 4.17. The molecule has 1 amide bonds. The zero-order valence-corrected chi connectivity index (χ0v) is 20.8. The normalized spacial score (nSPS) is 18.3. The van der Waals surface area contributed by atoms with Gasteiger partial charge in [-0.15, -0.1) is 0 Å². The topological polar surface area (TPSA) is 69.7 Å². The van der Waals surface area contributed by atoms with Crippen LogP contribution in [0.25, 0.3) is 0 Å². The molecule has 1 aliphatic carbocycles. The number of amides is 1. The van der Waals surface area contributed by atoms with E-state index in [2.05, 4.69) is 27.8 Å². The van der Waals surface area contributed by atoms with Gasteiger partial charge in [0, 0.05) is 38.4 Å². The highest BCUT2D eigenvalue weighted by atomic mass is 32.2. The average Bonchev–Trinajstić information content (AvgIpc) is 3.30. The second kappa shape index (κ2) is 9.84. The Hall–Kier alpha value is -3.16. The lowest BCUT2D eigenvalue weighted by atomic mass is 9.99. The van der Waals surface area contributed by atoms with Crippen molar-refractivity contribution in [2.24, 2.45) is 0 Å². The number of hydrogen-bond donors (Lipinski definition) is 1. The Balaban J connectivity index is 1.14. The maximum atomic E-state index is 13.2. The minimum absolute atomic E-state index is 0.00832. The van der Waals surface area contributed by atoms with Gasteiger partial charge in [0.1, 0.15) is 0 Å². The number of aryl methyl sites for hydroxylation is 2. The molecule has 6 nitrogen and oxygen atoms in total. The lowest BCUT2D eigenvalue weighted by Crippen LogP contribution is -2.49. The summed E-state index contributed by atoms with van der Waals surface area (Å²) in [5.74, 6) is 0.272. The second-order valence-electron chi connectivity index (χ2n) is 9.51. The molecular formula is C28H31N3O3S. The Morgan fingerprint density at radius 3 is 2.31 bits per heavy atom. The number of nitrogens with one attached hydrogen (secondary N) is 1. The fourth-order valence-electron chi connectivity index (χ4n) is 5.03. The summed E-state index contributed by atoms with van der Waals surface area (Å²) in [6, 6.07) is 22.7. The molecule has 35 heavy (non-hydrogen) atoms. The summed E-state index contributed by atoms with van der Waals surface area (Å²) in [7, 11) is -3.61. The van der Waals surface area contributed by atoms with Crippen molar-refractivity contribution in [1.29, 1.82) is 0 Å². The lowest BCUT2D eigenvalue weighted by Gasteiger charge is -2.36. The monoisotopic (exact) mass is 489 g/mol. The molecule has 1 atom stereocenters. The maximum Gasteiger partial charge on any atom is 0.261 e. The van der Waals surface area contributed by atoms with Crippen molar-refractivity contribution in [2.45, 2.75) is 37.1 Å². The van der Waals surface area contributed by atoms with Crippen LogP contribution >= 0.6 is 0 Å². The van der Waals surface area contributed by atoms with E-state index in [1.807, 2.05) is 30.0 Å². The average molecular weight is 490 g/mol. The molecule has 5 rings (SSSR count). The minimum Gasteiger partial charge on any atom is -0.340 e. The first-order valence-corrected chi connectivity index (χ1v) is 13.6. The first kappa shape index (κ1) is 23.6. The second-order valence-corrected chi connectivity index (χ2v) is 11.2. The van der Waals surface area contributed by atoms with Crippen LogP contribution in [0.4, 0.5) is 5.69 Å². The van der Waals surface area contributed by atoms with Gasteiger partial charge in [-0.3, -0.25) is 14.4 Å². The third-order valence-corrected chi connectivity index (χ3v) is 8.46. The standard InChI is InChI=1S/C28H31N3O3S/c1-21-6-13-25(14-7-21)35(33,34)29-24-11-8-22(9-12-24)20-30-16-18-31(19-17-30)28(32)27-15-10-23-4-2-3-5-26(23)27/h2-9,11-14,27,29H,10,15-20H2,1H3. The summed E-state index contributed by atoms with van der Waals surface area (Å²) in [5, 5.41) is 0. The molecule has 0 saturated carbocycles. The molecule has 7 heteroatoms. The maximum absolute atomic E-state index is 13.2. The van der Waals surface area contributed by atoms with Gasteiger partial charge in [0.05, 0.1) is 10.8 Å². The van der Waals surface area contributed by atoms with Crippen LogP contribution in [0.5, 0.6) is 0 Å². The molecule has 1 fully saturated rings. The van der Waals surface area contributed by atoms with Crippen LogP contribution in [0.15, 0.2) is 77.7 Å². The van der Waals surface area contributed by atoms with Gasteiger partial charge in [-0.05, 0) is 60.7 Å². The van der Waals surface area contributed by atoms with Crippen molar-refractivity contribution in [3.8, 4) is 0 Å². The molecule has 0 bridgehead atoms. The Morgan fingerprint density at radius 1 is 0.914 bits per heavy atom. The van der Waals surface area contributed by atoms with Crippen molar-refractivity contribution in [3.63, 3.8) is 0 Å². The lowest BCUT2D eigenvalue weighted by molar-refractivity contribution is -0.134. The third-order valence-electron chi connectivity index (χ3n) is 7.06. The van der Waals surface area contributed by atoms with Gasteiger partial charge in [-0.25, -0.2) is 8.42 Å².